The van der Waals surface area contributed by atoms with Crippen molar-refractivity contribution >= 4 is 12.0 Å². The molecule has 0 bridgehead atoms. The number of hydrogen-bond donors (Lipinski definition) is 0. The van der Waals surface area contributed by atoms with Gasteiger partial charge in [0.2, 0.25) is 11.8 Å². The highest BCUT2D eigenvalue weighted by Crippen LogP contribution is 2.28. The third-order valence-corrected chi connectivity index (χ3v) is 5.86. The molecule has 0 unspecified atom stereocenters. The number of piperidine rings is 1. The maximum Gasteiger partial charge on any atom is 0.246 e. The maximum absolute atomic E-state index is 12.1. The molecule has 6 nitrogen and oxygen atoms in total. The molecule has 3 aliphatic rings. The standard InChI is InChI=1S/C21H29N3O3/c25-21(24-12-14-26-15-13-24)7-5-17-4-6-20(22-16-17)27-19-8-10-23(11-9-19)18-2-1-3-18/h4-7,16,18-19H,1-3,8-15H2. The minimum Gasteiger partial charge on any atom is -0.474 e. The fourth-order valence-corrected chi connectivity index (χ4v) is 3.90. The lowest BCUT2D eigenvalue weighted by atomic mass is 9.90. The van der Waals surface area contributed by atoms with E-state index >= 15 is 0 Å². The van der Waals surface area contributed by atoms with Gasteiger partial charge in [0.25, 0.3) is 0 Å². The molecule has 3 heterocycles. The van der Waals surface area contributed by atoms with Crippen molar-refractivity contribution in [1.82, 2.24) is 14.8 Å². The molecule has 0 atom stereocenters. The third-order valence-electron chi connectivity index (χ3n) is 5.86. The van der Waals surface area contributed by atoms with Gasteiger partial charge in [-0.3, -0.25) is 4.79 Å². The van der Waals surface area contributed by atoms with Crippen LogP contribution in [0.4, 0.5) is 0 Å². The Labute approximate surface area is 161 Å². The number of pyridine rings is 1. The first kappa shape index (κ1) is 18.4. The predicted octanol–water partition coefficient (Wildman–Crippen LogP) is 2.35. The van der Waals surface area contributed by atoms with Gasteiger partial charge in [-0.2, -0.15) is 0 Å². The molecule has 1 aromatic rings. The number of carbonyl (C=O) groups excluding carboxylic acids is 1. The van der Waals surface area contributed by atoms with Gasteiger partial charge in [0.1, 0.15) is 6.10 Å². The Hall–Kier alpha value is -1.92. The molecule has 1 aliphatic carbocycles. The number of rotatable bonds is 5. The molecule has 0 spiro atoms. The number of aromatic nitrogens is 1. The van der Waals surface area contributed by atoms with Gasteiger partial charge in [-0.05, 0) is 43.4 Å². The summed E-state index contributed by atoms with van der Waals surface area (Å²) >= 11 is 0. The van der Waals surface area contributed by atoms with E-state index in [1.54, 1.807) is 17.2 Å². The number of likely N-dealkylation sites (tertiary alicyclic amines) is 1. The van der Waals surface area contributed by atoms with E-state index in [2.05, 4.69) is 9.88 Å². The van der Waals surface area contributed by atoms with Crippen LogP contribution in [-0.2, 0) is 9.53 Å². The Kier molecular flexibility index (Phi) is 6.04. The molecule has 1 aromatic heterocycles. The SMILES string of the molecule is O=C(C=Cc1ccc(OC2CCN(C3CCC3)CC2)nc1)N1CCOCC1. The smallest absolute Gasteiger partial charge is 0.246 e. The van der Waals surface area contributed by atoms with Gasteiger partial charge in [-0.1, -0.05) is 6.42 Å². The minimum absolute atomic E-state index is 0.0249. The van der Waals surface area contributed by atoms with Crippen molar-refractivity contribution < 1.29 is 14.3 Å². The monoisotopic (exact) mass is 371 g/mol. The summed E-state index contributed by atoms with van der Waals surface area (Å²) in [5.41, 5.74) is 0.906. The van der Waals surface area contributed by atoms with Crippen LogP contribution in [0.5, 0.6) is 5.88 Å². The van der Waals surface area contributed by atoms with E-state index in [-0.39, 0.29) is 12.0 Å². The number of carbonyl (C=O) groups is 1. The van der Waals surface area contributed by atoms with Gasteiger partial charge < -0.3 is 19.3 Å². The van der Waals surface area contributed by atoms with Crippen molar-refractivity contribution in [3.8, 4) is 5.88 Å². The van der Waals surface area contributed by atoms with Crippen molar-refractivity contribution in [3.05, 3.63) is 30.0 Å². The van der Waals surface area contributed by atoms with Gasteiger partial charge in [0, 0.05) is 50.6 Å². The maximum atomic E-state index is 12.1. The zero-order valence-electron chi connectivity index (χ0n) is 15.9. The summed E-state index contributed by atoms with van der Waals surface area (Å²) in [5.74, 6) is 0.700. The zero-order chi connectivity index (χ0) is 18.5. The van der Waals surface area contributed by atoms with E-state index in [0.29, 0.717) is 32.2 Å². The first-order valence-electron chi connectivity index (χ1n) is 10.2. The average molecular weight is 371 g/mol. The first-order valence-corrected chi connectivity index (χ1v) is 10.2. The summed E-state index contributed by atoms with van der Waals surface area (Å²) in [6.45, 7) is 4.83. The Morgan fingerprint density at radius 3 is 2.52 bits per heavy atom. The van der Waals surface area contributed by atoms with E-state index in [0.717, 1.165) is 37.5 Å². The summed E-state index contributed by atoms with van der Waals surface area (Å²) < 4.78 is 11.3. The molecule has 6 heteroatoms. The molecule has 0 radical (unpaired) electrons. The van der Waals surface area contributed by atoms with E-state index in [1.807, 2.05) is 18.2 Å². The first-order chi connectivity index (χ1) is 13.3. The largest absolute Gasteiger partial charge is 0.474 e. The molecule has 2 aliphatic heterocycles. The molecular weight excluding hydrogens is 342 g/mol. The van der Waals surface area contributed by atoms with Gasteiger partial charge in [0.15, 0.2) is 0 Å². The Morgan fingerprint density at radius 1 is 1.11 bits per heavy atom. The Balaban J connectivity index is 1.24. The predicted molar refractivity (Wildman–Crippen MR) is 104 cm³/mol. The van der Waals surface area contributed by atoms with Gasteiger partial charge >= 0.3 is 0 Å². The number of hydrogen-bond acceptors (Lipinski definition) is 5. The quantitative estimate of drug-likeness (QED) is 0.744. The molecule has 2 saturated heterocycles. The van der Waals surface area contributed by atoms with Crippen LogP contribution < -0.4 is 4.74 Å². The molecule has 4 rings (SSSR count). The second kappa shape index (κ2) is 8.85. The topological polar surface area (TPSA) is 54.9 Å². The summed E-state index contributed by atoms with van der Waals surface area (Å²) in [4.78, 5) is 21.0. The van der Waals surface area contributed by atoms with Crippen LogP contribution in [0.3, 0.4) is 0 Å². The van der Waals surface area contributed by atoms with Crippen LogP contribution in [0.25, 0.3) is 6.08 Å². The Morgan fingerprint density at radius 2 is 1.89 bits per heavy atom. The van der Waals surface area contributed by atoms with Gasteiger partial charge in [-0.15, -0.1) is 0 Å². The molecule has 1 amide bonds. The van der Waals surface area contributed by atoms with Crippen LogP contribution >= 0.6 is 0 Å². The fraction of sp³-hybridized carbons (Fsp3) is 0.619. The van der Waals surface area contributed by atoms with E-state index in [9.17, 15) is 4.79 Å². The van der Waals surface area contributed by atoms with Gasteiger partial charge in [0.05, 0.1) is 13.2 Å². The lowest BCUT2D eigenvalue weighted by Crippen LogP contribution is -2.46. The van der Waals surface area contributed by atoms with E-state index in [1.165, 1.54) is 19.3 Å². The zero-order valence-corrected chi connectivity index (χ0v) is 15.9. The van der Waals surface area contributed by atoms with Crippen LogP contribution in [0.1, 0.15) is 37.7 Å². The normalized spacial score (nSPS) is 22.7. The average Bonchev–Trinajstić information content (AvgIpc) is 2.68. The number of ether oxygens (including phenoxy) is 2. The second-order valence-electron chi connectivity index (χ2n) is 7.64. The summed E-state index contributed by atoms with van der Waals surface area (Å²) in [6.07, 6.45) is 11.7. The highest BCUT2D eigenvalue weighted by atomic mass is 16.5. The fourth-order valence-electron chi connectivity index (χ4n) is 3.90. The molecule has 0 N–H and O–H groups in total. The van der Waals surface area contributed by atoms with Crippen LogP contribution in [0.2, 0.25) is 0 Å². The second-order valence-corrected chi connectivity index (χ2v) is 7.64. The highest BCUT2D eigenvalue weighted by Gasteiger charge is 2.29. The van der Waals surface area contributed by atoms with Crippen LogP contribution in [0.15, 0.2) is 24.4 Å². The number of nitrogens with zero attached hydrogens (tertiary/aromatic N) is 3. The van der Waals surface area contributed by atoms with Crippen molar-refractivity contribution in [3.63, 3.8) is 0 Å². The molecule has 1 saturated carbocycles. The number of morpholine rings is 1. The molecule has 3 fully saturated rings. The van der Waals surface area contributed by atoms with Crippen LogP contribution in [-0.4, -0.2) is 72.2 Å². The van der Waals surface area contributed by atoms with Crippen molar-refractivity contribution in [2.45, 2.75) is 44.2 Å². The minimum atomic E-state index is 0.0249. The lowest BCUT2D eigenvalue weighted by Gasteiger charge is -2.41. The molecular formula is C21H29N3O3. The summed E-state index contributed by atoms with van der Waals surface area (Å²) in [7, 11) is 0. The molecule has 27 heavy (non-hydrogen) atoms. The van der Waals surface area contributed by atoms with E-state index < -0.39 is 0 Å². The summed E-state index contributed by atoms with van der Waals surface area (Å²) in [6, 6.07) is 4.68. The highest BCUT2D eigenvalue weighted by molar-refractivity contribution is 5.91. The van der Waals surface area contributed by atoms with Gasteiger partial charge in [-0.25, -0.2) is 4.98 Å². The van der Waals surface area contributed by atoms with Crippen LogP contribution in [0, 0.1) is 0 Å². The van der Waals surface area contributed by atoms with Crippen molar-refractivity contribution in [1.29, 1.82) is 0 Å². The lowest BCUT2D eigenvalue weighted by molar-refractivity contribution is -0.129. The Bertz CT molecular complexity index is 643. The molecule has 146 valence electrons. The van der Waals surface area contributed by atoms with Crippen molar-refractivity contribution in [2.24, 2.45) is 0 Å². The third kappa shape index (κ3) is 4.87. The number of amides is 1. The summed E-state index contributed by atoms with van der Waals surface area (Å²) in [5, 5.41) is 0. The van der Waals surface area contributed by atoms with Crippen molar-refractivity contribution in [2.75, 3.05) is 39.4 Å². The molecule has 0 aromatic carbocycles. The van der Waals surface area contributed by atoms with E-state index in [4.69, 9.17) is 9.47 Å².